The minimum atomic E-state index is 0.512. The van der Waals surface area contributed by atoms with E-state index in [0.717, 1.165) is 24.7 Å². The van der Waals surface area contributed by atoms with Gasteiger partial charge < -0.3 is 10.2 Å². The van der Waals surface area contributed by atoms with Crippen LogP contribution in [0.25, 0.3) is 0 Å². The molecule has 4 heteroatoms. The summed E-state index contributed by atoms with van der Waals surface area (Å²) in [5.74, 6) is 0. The predicted octanol–water partition coefficient (Wildman–Crippen LogP) is -0.114. The molecule has 0 bridgehead atoms. The average Bonchev–Trinajstić information content (AvgIpc) is 2.06. The van der Waals surface area contributed by atoms with Gasteiger partial charge in [-0.1, -0.05) is 0 Å². The molecule has 1 atom stereocenters. The Morgan fingerprint density at radius 1 is 1.45 bits per heavy atom. The van der Waals surface area contributed by atoms with Gasteiger partial charge in [-0.05, 0) is 31.6 Å². The lowest BCUT2D eigenvalue weighted by Crippen LogP contribution is -2.60. The molecule has 0 saturated carbocycles. The summed E-state index contributed by atoms with van der Waals surface area (Å²) in [7, 11) is 0. The number of hydrogen-bond acceptors (Lipinski definition) is 2. The molecule has 1 unspecified atom stereocenters. The van der Waals surface area contributed by atoms with Gasteiger partial charge in [-0.2, -0.15) is 0 Å². The Morgan fingerprint density at radius 2 is 2.36 bits per heavy atom. The first-order chi connectivity index (χ1) is 5.38. The van der Waals surface area contributed by atoms with Crippen molar-refractivity contribution in [2.75, 3.05) is 19.6 Å². The zero-order valence-electron chi connectivity index (χ0n) is 6.47. The first-order valence-electron chi connectivity index (χ1n) is 4.16. The highest BCUT2D eigenvalue weighted by Gasteiger charge is 2.26. The second-order valence-electron chi connectivity index (χ2n) is 3.04. The Morgan fingerprint density at radius 3 is 3.18 bits per heavy atom. The molecule has 0 radical (unpaired) electrons. The third-order valence-corrected chi connectivity index (χ3v) is 2.67. The molecule has 2 rings (SSSR count). The van der Waals surface area contributed by atoms with Gasteiger partial charge in [0.1, 0.15) is 0 Å². The second kappa shape index (κ2) is 2.95. The first-order valence-corrected chi connectivity index (χ1v) is 4.56. The zero-order chi connectivity index (χ0) is 7.68. The number of fused-ring (bicyclic) bond motifs is 1. The quantitative estimate of drug-likeness (QED) is 0.497. The minimum absolute atomic E-state index is 0.512. The van der Waals surface area contributed by atoms with Gasteiger partial charge >= 0.3 is 0 Å². The molecule has 3 nitrogen and oxygen atoms in total. The number of nitrogens with zero attached hydrogens (tertiary/aromatic N) is 1. The van der Waals surface area contributed by atoms with Crippen molar-refractivity contribution < 1.29 is 0 Å². The van der Waals surface area contributed by atoms with Crippen LogP contribution in [-0.4, -0.2) is 35.8 Å². The second-order valence-corrected chi connectivity index (χ2v) is 3.42. The summed E-state index contributed by atoms with van der Waals surface area (Å²) >= 11 is 5.18. The summed E-state index contributed by atoms with van der Waals surface area (Å²) in [6.07, 6.45) is 2.89. The highest BCUT2D eigenvalue weighted by Crippen LogP contribution is 2.11. The van der Waals surface area contributed by atoms with E-state index >= 15 is 0 Å². The topological polar surface area (TPSA) is 27.3 Å². The molecule has 0 amide bonds. The number of hydrogen-bond donors (Lipinski definition) is 2. The van der Waals surface area contributed by atoms with Crippen LogP contribution in [0.4, 0.5) is 0 Å². The Balaban J connectivity index is 2.05. The van der Waals surface area contributed by atoms with E-state index < -0.39 is 0 Å². The van der Waals surface area contributed by atoms with Gasteiger partial charge in [-0.3, -0.25) is 5.32 Å². The molecule has 0 aromatic carbocycles. The van der Waals surface area contributed by atoms with E-state index in [0.29, 0.717) is 6.17 Å². The van der Waals surface area contributed by atoms with Crippen LogP contribution in [-0.2, 0) is 0 Å². The van der Waals surface area contributed by atoms with Crippen molar-refractivity contribution in [3.8, 4) is 0 Å². The van der Waals surface area contributed by atoms with Crippen LogP contribution in [0.3, 0.4) is 0 Å². The molecule has 2 fully saturated rings. The molecular formula is C7H13N3S. The fraction of sp³-hybridized carbons (Fsp3) is 0.857. The standard InChI is InChI=1S/C7H13N3S/c11-7-9-4-2-6-8-3-1-5-10(6)7/h6,8H,1-5H2,(H,9,11). The lowest BCUT2D eigenvalue weighted by molar-refractivity contribution is 0.189. The summed E-state index contributed by atoms with van der Waals surface area (Å²) in [6.45, 7) is 3.28. The molecule has 0 aromatic heterocycles. The maximum absolute atomic E-state index is 5.18. The van der Waals surface area contributed by atoms with Gasteiger partial charge in [-0.15, -0.1) is 0 Å². The van der Waals surface area contributed by atoms with Crippen LogP contribution in [0.2, 0.25) is 0 Å². The molecule has 2 aliphatic heterocycles. The molecule has 2 aliphatic rings. The van der Waals surface area contributed by atoms with Gasteiger partial charge in [0.2, 0.25) is 0 Å². The Kier molecular flexibility index (Phi) is 1.96. The molecule has 11 heavy (non-hydrogen) atoms. The SMILES string of the molecule is S=C1NCCC2NCCCN12. The van der Waals surface area contributed by atoms with Crippen LogP contribution >= 0.6 is 12.2 Å². The monoisotopic (exact) mass is 171 g/mol. The van der Waals surface area contributed by atoms with Crippen molar-refractivity contribution in [1.82, 2.24) is 15.5 Å². The Labute approximate surface area is 72.1 Å². The van der Waals surface area contributed by atoms with Crippen LogP contribution in [0.1, 0.15) is 12.8 Å². The van der Waals surface area contributed by atoms with E-state index in [4.69, 9.17) is 12.2 Å². The van der Waals surface area contributed by atoms with Crippen LogP contribution in [0.5, 0.6) is 0 Å². The number of thiocarbonyl (C=S) groups is 1. The largest absolute Gasteiger partial charge is 0.362 e. The van der Waals surface area contributed by atoms with E-state index in [1.807, 2.05) is 0 Å². The Bertz CT molecular complexity index is 169. The normalized spacial score (nSPS) is 31.1. The zero-order valence-corrected chi connectivity index (χ0v) is 7.28. The van der Waals surface area contributed by atoms with Gasteiger partial charge in [0.15, 0.2) is 5.11 Å². The van der Waals surface area contributed by atoms with Gasteiger partial charge in [0, 0.05) is 13.1 Å². The molecule has 0 aliphatic carbocycles. The lowest BCUT2D eigenvalue weighted by atomic mass is 10.2. The first kappa shape index (κ1) is 7.31. The van der Waals surface area contributed by atoms with E-state index in [9.17, 15) is 0 Å². The Hall–Kier alpha value is -0.350. The maximum Gasteiger partial charge on any atom is 0.170 e. The molecule has 0 spiro atoms. The lowest BCUT2D eigenvalue weighted by Gasteiger charge is -2.41. The summed E-state index contributed by atoms with van der Waals surface area (Å²) in [6, 6.07) is 0. The van der Waals surface area contributed by atoms with E-state index in [2.05, 4.69) is 15.5 Å². The molecule has 62 valence electrons. The third kappa shape index (κ3) is 1.32. The van der Waals surface area contributed by atoms with E-state index in [1.54, 1.807) is 0 Å². The summed E-state index contributed by atoms with van der Waals surface area (Å²) in [5.41, 5.74) is 0. The van der Waals surface area contributed by atoms with Crippen molar-refractivity contribution in [2.24, 2.45) is 0 Å². The van der Waals surface area contributed by atoms with Crippen molar-refractivity contribution in [2.45, 2.75) is 19.0 Å². The van der Waals surface area contributed by atoms with Crippen molar-refractivity contribution in [1.29, 1.82) is 0 Å². The smallest absolute Gasteiger partial charge is 0.170 e. The number of rotatable bonds is 0. The summed E-state index contributed by atoms with van der Waals surface area (Å²) < 4.78 is 0. The third-order valence-electron chi connectivity index (χ3n) is 2.29. The molecule has 2 saturated heterocycles. The van der Waals surface area contributed by atoms with Gasteiger partial charge in [-0.25, -0.2) is 0 Å². The summed E-state index contributed by atoms with van der Waals surface area (Å²) in [4.78, 5) is 2.25. The molecular weight excluding hydrogens is 158 g/mol. The van der Waals surface area contributed by atoms with E-state index in [-0.39, 0.29) is 0 Å². The minimum Gasteiger partial charge on any atom is -0.362 e. The summed E-state index contributed by atoms with van der Waals surface area (Å²) in [5, 5.41) is 7.57. The van der Waals surface area contributed by atoms with Gasteiger partial charge in [0.25, 0.3) is 0 Å². The van der Waals surface area contributed by atoms with E-state index in [1.165, 1.54) is 12.8 Å². The van der Waals surface area contributed by atoms with Crippen molar-refractivity contribution in [3.63, 3.8) is 0 Å². The van der Waals surface area contributed by atoms with Crippen LogP contribution < -0.4 is 10.6 Å². The average molecular weight is 171 g/mol. The fourth-order valence-corrected chi connectivity index (χ4v) is 2.02. The molecule has 0 aromatic rings. The van der Waals surface area contributed by atoms with Crippen LogP contribution in [0.15, 0.2) is 0 Å². The maximum atomic E-state index is 5.18. The highest BCUT2D eigenvalue weighted by molar-refractivity contribution is 7.80. The number of nitrogens with one attached hydrogen (secondary N) is 2. The highest BCUT2D eigenvalue weighted by atomic mass is 32.1. The van der Waals surface area contributed by atoms with Crippen molar-refractivity contribution in [3.05, 3.63) is 0 Å². The van der Waals surface area contributed by atoms with Crippen molar-refractivity contribution >= 4 is 17.3 Å². The van der Waals surface area contributed by atoms with Gasteiger partial charge in [0.05, 0.1) is 6.17 Å². The molecule has 2 heterocycles. The predicted molar refractivity (Wildman–Crippen MR) is 48.3 cm³/mol. The molecule has 2 N–H and O–H groups in total. The van der Waals surface area contributed by atoms with Crippen LogP contribution in [0, 0.1) is 0 Å². The fourth-order valence-electron chi connectivity index (χ4n) is 1.70.